The van der Waals surface area contributed by atoms with Gasteiger partial charge in [0, 0.05) is 35.3 Å². The highest BCUT2D eigenvalue weighted by atomic mass is 19.1. The molecule has 0 spiro atoms. The Morgan fingerprint density at radius 1 is 1.00 bits per heavy atom. The molecule has 6 N–H and O–H groups in total. The van der Waals surface area contributed by atoms with Gasteiger partial charge in [0.15, 0.2) is 0 Å². The van der Waals surface area contributed by atoms with Crippen molar-refractivity contribution < 1.29 is 14.0 Å². The predicted octanol–water partition coefficient (Wildman–Crippen LogP) is 2.94. The lowest BCUT2D eigenvalue weighted by Crippen LogP contribution is -2.34. The molecule has 2 unspecified atom stereocenters. The number of anilines is 1. The van der Waals surface area contributed by atoms with Gasteiger partial charge in [0.2, 0.25) is 11.8 Å². The van der Waals surface area contributed by atoms with Crippen molar-refractivity contribution in [3.05, 3.63) is 89.2 Å². The lowest BCUT2D eigenvalue weighted by Gasteiger charge is -2.13. The summed E-state index contributed by atoms with van der Waals surface area (Å²) in [6.45, 7) is 0.506. The van der Waals surface area contributed by atoms with Crippen molar-refractivity contribution in [1.29, 1.82) is 0 Å². The molecule has 3 aromatic rings. The molecule has 1 aliphatic rings. The molecule has 0 bridgehead atoms. The Balaban J connectivity index is 1.34. The molecule has 0 heterocycles. The molecule has 2 atom stereocenters. The Morgan fingerprint density at radius 3 is 2.47 bits per heavy atom. The molecule has 3 aromatic carbocycles. The van der Waals surface area contributed by atoms with Gasteiger partial charge in [-0.15, -0.1) is 0 Å². The summed E-state index contributed by atoms with van der Waals surface area (Å²) in [6, 6.07) is 19.2. The van der Waals surface area contributed by atoms with Gasteiger partial charge in [0.25, 0.3) is 0 Å². The first-order chi connectivity index (χ1) is 15.4. The van der Waals surface area contributed by atoms with Gasteiger partial charge in [-0.05, 0) is 53.4 Å². The second kappa shape index (κ2) is 9.20. The average Bonchev–Trinajstić information content (AvgIpc) is 3.56. The second-order valence-electron chi connectivity index (χ2n) is 7.99. The number of para-hydroxylation sites is 1. The summed E-state index contributed by atoms with van der Waals surface area (Å²) < 4.78 is 13.1. The summed E-state index contributed by atoms with van der Waals surface area (Å²) in [5.74, 6) is -0.610. The fourth-order valence-corrected chi connectivity index (χ4v) is 3.87. The Morgan fingerprint density at radius 2 is 1.75 bits per heavy atom. The number of hydrogen-bond acceptors (Lipinski definition) is 4. The number of carbonyl (C=O) groups excluding carboxylic acids is 2. The number of hydrogen-bond donors (Lipinski definition) is 4. The Kier molecular flexibility index (Phi) is 6.18. The van der Waals surface area contributed by atoms with E-state index in [2.05, 4.69) is 10.6 Å². The highest BCUT2D eigenvalue weighted by molar-refractivity contribution is 6.01. The van der Waals surface area contributed by atoms with Crippen LogP contribution in [0.5, 0.6) is 0 Å². The number of amides is 2. The van der Waals surface area contributed by atoms with Crippen molar-refractivity contribution in [2.75, 3.05) is 12.3 Å². The average molecular weight is 432 g/mol. The highest BCUT2D eigenvalue weighted by Gasteiger charge is 2.38. The van der Waals surface area contributed by atoms with Crippen molar-refractivity contribution in [3.8, 4) is 11.1 Å². The summed E-state index contributed by atoms with van der Waals surface area (Å²) in [7, 11) is 0. The monoisotopic (exact) mass is 432 g/mol. The van der Waals surface area contributed by atoms with Crippen LogP contribution in [0, 0.1) is 5.82 Å². The van der Waals surface area contributed by atoms with Crippen molar-refractivity contribution in [2.24, 2.45) is 5.73 Å². The van der Waals surface area contributed by atoms with Gasteiger partial charge in [-0.3, -0.25) is 9.59 Å². The Bertz CT molecular complexity index is 1150. The fraction of sp³-hybridized carbons (Fsp3) is 0.200. The van der Waals surface area contributed by atoms with Gasteiger partial charge in [0.05, 0.1) is 6.54 Å². The second-order valence-corrected chi connectivity index (χ2v) is 7.99. The van der Waals surface area contributed by atoms with Crippen LogP contribution in [0.2, 0.25) is 0 Å². The smallest absolute Gasteiger partial charge is 0.249 e. The van der Waals surface area contributed by atoms with Crippen LogP contribution in [0.1, 0.15) is 33.8 Å². The van der Waals surface area contributed by atoms with Gasteiger partial charge in [-0.1, -0.05) is 36.4 Å². The fourth-order valence-electron chi connectivity index (χ4n) is 3.87. The van der Waals surface area contributed by atoms with E-state index in [-0.39, 0.29) is 24.3 Å². The molecule has 164 valence electrons. The molecular weight excluding hydrogens is 407 g/mol. The van der Waals surface area contributed by atoms with Crippen molar-refractivity contribution in [2.45, 2.75) is 24.9 Å². The third-order valence-electron chi connectivity index (χ3n) is 5.70. The molecule has 7 heteroatoms. The molecule has 32 heavy (non-hydrogen) atoms. The maximum Gasteiger partial charge on any atom is 0.249 e. The van der Waals surface area contributed by atoms with Crippen molar-refractivity contribution >= 4 is 17.5 Å². The summed E-state index contributed by atoms with van der Waals surface area (Å²) in [5.41, 5.74) is 15.8. The molecule has 0 aromatic heterocycles. The number of nitrogens with one attached hydrogen (secondary N) is 2. The zero-order valence-corrected chi connectivity index (χ0v) is 17.5. The molecule has 1 aliphatic carbocycles. The van der Waals surface area contributed by atoms with E-state index in [9.17, 15) is 14.0 Å². The lowest BCUT2D eigenvalue weighted by molar-refractivity contribution is -0.120. The standard InChI is InChI=1S/C25H25FN4O2/c26-17-8-6-16(7-9-17)20-12-23(20)29-14-24(31)30-13-15-5-10-19(25(28)32)21(11-15)18-3-1-2-4-22(18)27/h1-11,20,23,29H,12-14,27H2,(H2,28,32)(H,30,31). The van der Waals surface area contributed by atoms with Crippen LogP contribution in [0.25, 0.3) is 11.1 Å². The van der Waals surface area contributed by atoms with Gasteiger partial charge in [-0.2, -0.15) is 0 Å². The molecule has 4 rings (SSSR count). The normalized spacial score (nSPS) is 17.0. The number of nitrogen functional groups attached to an aromatic ring is 1. The van der Waals surface area contributed by atoms with Crippen LogP contribution < -0.4 is 22.1 Å². The maximum atomic E-state index is 13.1. The van der Waals surface area contributed by atoms with E-state index in [0.717, 1.165) is 23.1 Å². The summed E-state index contributed by atoms with van der Waals surface area (Å²) in [6.07, 6.45) is 0.926. The summed E-state index contributed by atoms with van der Waals surface area (Å²) in [5, 5.41) is 6.13. The van der Waals surface area contributed by atoms with E-state index in [1.54, 1.807) is 30.3 Å². The Labute approximate surface area is 185 Å². The molecule has 2 amide bonds. The first-order valence-corrected chi connectivity index (χ1v) is 10.5. The first-order valence-electron chi connectivity index (χ1n) is 10.5. The minimum atomic E-state index is -0.539. The van der Waals surface area contributed by atoms with Gasteiger partial charge in [-0.25, -0.2) is 4.39 Å². The zero-order chi connectivity index (χ0) is 22.7. The molecule has 6 nitrogen and oxygen atoms in total. The van der Waals surface area contributed by atoms with Gasteiger partial charge >= 0.3 is 0 Å². The van der Waals surface area contributed by atoms with Crippen LogP contribution in [0.4, 0.5) is 10.1 Å². The molecule has 0 aliphatic heterocycles. The highest BCUT2D eigenvalue weighted by Crippen LogP contribution is 2.40. The van der Waals surface area contributed by atoms with E-state index >= 15 is 0 Å². The van der Waals surface area contributed by atoms with Crippen LogP contribution in [-0.2, 0) is 11.3 Å². The van der Waals surface area contributed by atoms with E-state index in [4.69, 9.17) is 11.5 Å². The first kappa shape index (κ1) is 21.5. The minimum absolute atomic E-state index is 0.130. The number of rotatable bonds is 8. The van der Waals surface area contributed by atoms with Crippen LogP contribution in [0.3, 0.4) is 0 Å². The maximum absolute atomic E-state index is 13.1. The molecule has 1 saturated carbocycles. The summed E-state index contributed by atoms with van der Waals surface area (Å²) in [4.78, 5) is 24.2. The number of benzene rings is 3. The third-order valence-corrected chi connectivity index (χ3v) is 5.70. The molecule has 0 saturated heterocycles. The van der Waals surface area contributed by atoms with E-state index in [1.165, 1.54) is 12.1 Å². The third kappa shape index (κ3) is 4.95. The van der Waals surface area contributed by atoms with Crippen LogP contribution >= 0.6 is 0 Å². The Hall–Kier alpha value is -3.71. The van der Waals surface area contributed by atoms with Gasteiger partial charge < -0.3 is 22.1 Å². The molecule has 1 fully saturated rings. The van der Waals surface area contributed by atoms with E-state index in [1.807, 2.05) is 24.3 Å². The lowest BCUT2D eigenvalue weighted by atomic mass is 9.95. The zero-order valence-electron chi connectivity index (χ0n) is 17.5. The quantitative estimate of drug-likeness (QED) is 0.410. The van der Waals surface area contributed by atoms with Crippen LogP contribution in [0.15, 0.2) is 66.7 Å². The van der Waals surface area contributed by atoms with E-state index < -0.39 is 5.91 Å². The number of primary amides is 1. The van der Waals surface area contributed by atoms with Crippen molar-refractivity contribution in [3.63, 3.8) is 0 Å². The largest absolute Gasteiger partial charge is 0.398 e. The van der Waals surface area contributed by atoms with E-state index in [0.29, 0.717) is 29.3 Å². The molecular formula is C25H25FN4O2. The topological polar surface area (TPSA) is 110 Å². The van der Waals surface area contributed by atoms with Crippen LogP contribution in [-0.4, -0.2) is 24.4 Å². The minimum Gasteiger partial charge on any atom is -0.398 e. The predicted molar refractivity (Wildman–Crippen MR) is 122 cm³/mol. The number of carbonyl (C=O) groups is 2. The SMILES string of the molecule is NC(=O)c1ccc(CNC(=O)CNC2CC2c2ccc(F)cc2)cc1-c1ccccc1N. The summed E-state index contributed by atoms with van der Waals surface area (Å²) >= 11 is 0. The number of halogens is 1. The van der Waals surface area contributed by atoms with Gasteiger partial charge in [0.1, 0.15) is 5.82 Å². The molecule has 0 radical (unpaired) electrons. The van der Waals surface area contributed by atoms with Crippen molar-refractivity contribution in [1.82, 2.24) is 10.6 Å². The number of nitrogens with two attached hydrogens (primary N) is 2.